The third-order valence-electron chi connectivity index (χ3n) is 3.34. The minimum atomic E-state index is 0.171. The maximum Gasteiger partial charge on any atom is 0.0948 e. The number of thiophene rings is 1. The van der Waals surface area contributed by atoms with E-state index < -0.39 is 0 Å². The van der Waals surface area contributed by atoms with E-state index in [-0.39, 0.29) is 6.04 Å². The SMILES string of the molecule is CCCn1cncc1C(CN)N(C)Cc1ccc(Cl)s1. The van der Waals surface area contributed by atoms with Crippen LogP contribution in [0.15, 0.2) is 24.7 Å². The molecule has 0 saturated carbocycles. The van der Waals surface area contributed by atoms with E-state index in [2.05, 4.69) is 34.5 Å². The van der Waals surface area contributed by atoms with Crippen LogP contribution in [0.5, 0.6) is 0 Å². The number of likely N-dealkylation sites (N-methyl/N-ethyl adjacent to an activating group) is 1. The van der Waals surface area contributed by atoms with Gasteiger partial charge in [0.05, 0.1) is 22.4 Å². The average molecular weight is 313 g/mol. The molecule has 0 amide bonds. The highest BCUT2D eigenvalue weighted by Gasteiger charge is 2.19. The Morgan fingerprint density at radius 3 is 2.90 bits per heavy atom. The van der Waals surface area contributed by atoms with Crippen LogP contribution in [0.2, 0.25) is 4.34 Å². The average Bonchev–Trinajstić information content (AvgIpc) is 3.01. The highest BCUT2D eigenvalue weighted by atomic mass is 35.5. The monoisotopic (exact) mass is 312 g/mol. The van der Waals surface area contributed by atoms with Crippen LogP contribution in [-0.2, 0) is 13.1 Å². The molecule has 0 aliphatic rings. The third-order valence-corrected chi connectivity index (χ3v) is 4.56. The molecule has 2 N–H and O–H groups in total. The number of nitrogens with two attached hydrogens (primary N) is 1. The van der Waals surface area contributed by atoms with Crippen LogP contribution in [-0.4, -0.2) is 28.0 Å². The van der Waals surface area contributed by atoms with Crippen LogP contribution in [0.1, 0.15) is 30.0 Å². The standard InChI is InChI=1S/C14H21ClN4S/c1-3-6-19-10-17-8-13(19)12(7-16)18(2)9-11-4-5-14(15)20-11/h4-5,8,10,12H,3,6-7,9,16H2,1-2H3. The van der Waals surface area contributed by atoms with E-state index in [0.29, 0.717) is 6.54 Å². The molecule has 1 atom stereocenters. The summed E-state index contributed by atoms with van der Waals surface area (Å²) in [4.78, 5) is 7.77. The zero-order valence-corrected chi connectivity index (χ0v) is 13.5. The van der Waals surface area contributed by atoms with Crippen LogP contribution in [0.25, 0.3) is 0 Å². The molecule has 6 heteroatoms. The number of aryl methyl sites for hydroxylation is 1. The van der Waals surface area contributed by atoms with Gasteiger partial charge in [-0.05, 0) is 25.6 Å². The van der Waals surface area contributed by atoms with Gasteiger partial charge in [0.2, 0.25) is 0 Å². The molecule has 20 heavy (non-hydrogen) atoms. The molecule has 4 nitrogen and oxygen atoms in total. The zero-order valence-electron chi connectivity index (χ0n) is 11.9. The fraction of sp³-hybridized carbons (Fsp3) is 0.500. The van der Waals surface area contributed by atoms with E-state index >= 15 is 0 Å². The van der Waals surface area contributed by atoms with Gasteiger partial charge in [0.1, 0.15) is 0 Å². The Kier molecular flexibility index (Phi) is 5.60. The lowest BCUT2D eigenvalue weighted by molar-refractivity contribution is 0.234. The molecular formula is C14H21ClN4S. The highest BCUT2D eigenvalue weighted by Crippen LogP contribution is 2.26. The number of imidazole rings is 1. The van der Waals surface area contributed by atoms with Crippen molar-refractivity contribution in [3.8, 4) is 0 Å². The summed E-state index contributed by atoms with van der Waals surface area (Å²) in [5.74, 6) is 0. The van der Waals surface area contributed by atoms with Gasteiger partial charge in [-0.1, -0.05) is 18.5 Å². The van der Waals surface area contributed by atoms with E-state index in [1.54, 1.807) is 11.3 Å². The Morgan fingerprint density at radius 2 is 2.30 bits per heavy atom. The fourth-order valence-electron chi connectivity index (χ4n) is 2.36. The molecule has 0 fully saturated rings. The Bertz CT molecular complexity index is 537. The second kappa shape index (κ2) is 7.22. The second-order valence-electron chi connectivity index (χ2n) is 4.88. The summed E-state index contributed by atoms with van der Waals surface area (Å²) < 4.78 is 3.02. The third kappa shape index (κ3) is 3.61. The lowest BCUT2D eigenvalue weighted by atomic mass is 10.2. The van der Waals surface area contributed by atoms with Crippen LogP contribution in [0, 0.1) is 0 Å². The molecule has 2 aromatic heterocycles. The molecule has 2 rings (SSSR count). The van der Waals surface area contributed by atoms with Crippen LogP contribution < -0.4 is 5.73 Å². The topological polar surface area (TPSA) is 47.1 Å². The van der Waals surface area contributed by atoms with E-state index in [4.69, 9.17) is 17.3 Å². The van der Waals surface area contributed by atoms with Crippen LogP contribution >= 0.6 is 22.9 Å². The molecular weight excluding hydrogens is 292 g/mol. The van der Waals surface area contributed by atoms with Gasteiger partial charge in [-0.15, -0.1) is 11.3 Å². The van der Waals surface area contributed by atoms with Crippen molar-refractivity contribution in [2.75, 3.05) is 13.6 Å². The Labute approximate surface area is 129 Å². The Morgan fingerprint density at radius 1 is 1.50 bits per heavy atom. The maximum absolute atomic E-state index is 5.98. The molecule has 2 aromatic rings. The summed E-state index contributed by atoms with van der Waals surface area (Å²) in [5.41, 5.74) is 7.16. The fourth-order valence-corrected chi connectivity index (χ4v) is 3.51. The van der Waals surface area contributed by atoms with Crippen LogP contribution in [0.4, 0.5) is 0 Å². The number of nitrogens with zero attached hydrogens (tertiary/aromatic N) is 3. The van der Waals surface area contributed by atoms with Crippen molar-refractivity contribution in [2.24, 2.45) is 5.73 Å². The molecule has 1 unspecified atom stereocenters. The molecule has 0 radical (unpaired) electrons. The molecule has 110 valence electrons. The summed E-state index contributed by atoms with van der Waals surface area (Å²) in [5, 5.41) is 0. The lowest BCUT2D eigenvalue weighted by Crippen LogP contribution is -2.31. The first-order valence-corrected chi connectivity index (χ1v) is 7.99. The summed E-state index contributed by atoms with van der Waals surface area (Å²) in [6.07, 6.45) is 4.90. The first-order valence-electron chi connectivity index (χ1n) is 6.80. The first kappa shape index (κ1) is 15.5. The molecule has 2 heterocycles. The summed E-state index contributed by atoms with van der Waals surface area (Å²) in [6.45, 7) is 4.56. The second-order valence-corrected chi connectivity index (χ2v) is 6.68. The van der Waals surface area contributed by atoms with E-state index in [1.165, 1.54) is 10.6 Å². The summed E-state index contributed by atoms with van der Waals surface area (Å²) in [6, 6.07) is 4.18. The van der Waals surface area contributed by atoms with E-state index in [0.717, 1.165) is 23.8 Å². The normalized spacial score (nSPS) is 13.1. The van der Waals surface area contributed by atoms with Gasteiger partial charge in [-0.2, -0.15) is 0 Å². The van der Waals surface area contributed by atoms with Gasteiger partial charge in [0, 0.05) is 30.7 Å². The van der Waals surface area contributed by atoms with Crippen molar-refractivity contribution in [1.82, 2.24) is 14.5 Å². The molecule has 0 aromatic carbocycles. The first-order chi connectivity index (χ1) is 9.65. The van der Waals surface area contributed by atoms with E-state index in [9.17, 15) is 0 Å². The molecule has 0 spiro atoms. The number of hydrogen-bond donors (Lipinski definition) is 1. The van der Waals surface area contributed by atoms with Crippen molar-refractivity contribution < 1.29 is 0 Å². The summed E-state index contributed by atoms with van der Waals surface area (Å²) >= 11 is 7.60. The minimum absolute atomic E-state index is 0.171. The Balaban J connectivity index is 2.12. The largest absolute Gasteiger partial charge is 0.333 e. The quantitative estimate of drug-likeness (QED) is 0.854. The van der Waals surface area contributed by atoms with Gasteiger partial charge in [-0.3, -0.25) is 4.90 Å². The molecule has 0 bridgehead atoms. The van der Waals surface area contributed by atoms with Crippen molar-refractivity contribution in [3.05, 3.63) is 39.6 Å². The number of hydrogen-bond acceptors (Lipinski definition) is 4. The van der Waals surface area contributed by atoms with Gasteiger partial charge in [-0.25, -0.2) is 4.98 Å². The predicted molar refractivity (Wildman–Crippen MR) is 85.1 cm³/mol. The van der Waals surface area contributed by atoms with Gasteiger partial charge >= 0.3 is 0 Å². The Hall–Kier alpha value is -0.880. The molecule has 0 aliphatic heterocycles. The smallest absolute Gasteiger partial charge is 0.0948 e. The van der Waals surface area contributed by atoms with Gasteiger partial charge in [0.25, 0.3) is 0 Å². The summed E-state index contributed by atoms with van der Waals surface area (Å²) in [7, 11) is 2.09. The highest BCUT2D eigenvalue weighted by molar-refractivity contribution is 7.16. The predicted octanol–water partition coefficient (Wildman–Crippen LogP) is 3.14. The lowest BCUT2D eigenvalue weighted by Gasteiger charge is -2.27. The van der Waals surface area contributed by atoms with Gasteiger partial charge in [0.15, 0.2) is 0 Å². The molecule has 0 saturated heterocycles. The van der Waals surface area contributed by atoms with Crippen molar-refractivity contribution >= 4 is 22.9 Å². The van der Waals surface area contributed by atoms with E-state index in [1.807, 2.05) is 18.6 Å². The molecule has 0 aliphatic carbocycles. The van der Waals surface area contributed by atoms with Crippen molar-refractivity contribution in [2.45, 2.75) is 32.5 Å². The van der Waals surface area contributed by atoms with Crippen molar-refractivity contribution in [3.63, 3.8) is 0 Å². The maximum atomic E-state index is 5.98. The van der Waals surface area contributed by atoms with Gasteiger partial charge < -0.3 is 10.3 Å². The number of halogens is 1. The van der Waals surface area contributed by atoms with Crippen molar-refractivity contribution in [1.29, 1.82) is 0 Å². The zero-order chi connectivity index (χ0) is 14.5. The number of aromatic nitrogens is 2. The number of rotatable bonds is 7. The minimum Gasteiger partial charge on any atom is -0.333 e. The van der Waals surface area contributed by atoms with Crippen LogP contribution in [0.3, 0.4) is 0 Å².